The minimum Gasteiger partial charge on any atom is -0.343 e. The van der Waals surface area contributed by atoms with Gasteiger partial charge in [-0.3, -0.25) is 9.36 Å². The third-order valence-electron chi connectivity index (χ3n) is 4.66. The van der Waals surface area contributed by atoms with Gasteiger partial charge >= 0.3 is 5.69 Å². The summed E-state index contributed by atoms with van der Waals surface area (Å²) < 4.78 is 6.96. The first-order chi connectivity index (χ1) is 14.0. The van der Waals surface area contributed by atoms with Crippen molar-refractivity contribution >= 4 is 16.9 Å². The van der Waals surface area contributed by atoms with Gasteiger partial charge in [-0.15, -0.1) is 0 Å². The number of aromatic nitrogens is 4. The molecule has 4 rings (SSSR count). The maximum Gasteiger partial charge on any atom is 0.326 e. The normalized spacial score (nSPS) is 11.1. The van der Waals surface area contributed by atoms with Gasteiger partial charge in [-0.1, -0.05) is 29.8 Å². The van der Waals surface area contributed by atoms with Crippen molar-refractivity contribution in [2.45, 2.75) is 33.4 Å². The van der Waals surface area contributed by atoms with Gasteiger partial charge in [0.25, 0.3) is 5.91 Å². The Labute approximate surface area is 166 Å². The summed E-state index contributed by atoms with van der Waals surface area (Å²) in [4.78, 5) is 31.5. The van der Waals surface area contributed by atoms with Crippen LogP contribution in [0.3, 0.4) is 0 Å². The molecule has 1 amide bonds. The molecule has 2 heterocycles. The maximum absolute atomic E-state index is 12.2. The van der Waals surface area contributed by atoms with Gasteiger partial charge in [0.15, 0.2) is 0 Å². The van der Waals surface area contributed by atoms with Crippen molar-refractivity contribution in [3.05, 3.63) is 70.0 Å². The van der Waals surface area contributed by atoms with Crippen LogP contribution in [0.25, 0.3) is 22.4 Å². The molecule has 0 bridgehead atoms. The van der Waals surface area contributed by atoms with Crippen molar-refractivity contribution in [2.24, 2.45) is 0 Å². The van der Waals surface area contributed by atoms with E-state index in [0.29, 0.717) is 23.8 Å². The summed E-state index contributed by atoms with van der Waals surface area (Å²) in [7, 11) is 0. The summed E-state index contributed by atoms with van der Waals surface area (Å²) in [6.07, 6.45) is 0.872. The van der Waals surface area contributed by atoms with Crippen LogP contribution < -0.4 is 11.0 Å². The number of amides is 1. The number of benzene rings is 2. The average molecular weight is 391 g/mol. The van der Waals surface area contributed by atoms with E-state index >= 15 is 0 Å². The van der Waals surface area contributed by atoms with Crippen LogP contribution in [0.5, 0.6) is 0 Å². The molecule has 0 fully saturated rings. The Morgan fingerprint density at radius 3 is 2.76 bits per heavy atom. The van der Waals surface area contributed by atoms with E-state index in [1.165, 1.54) is 0 Å². The maximum atomic E-state index is 12.2. The van der Waals surface area contributed by atoms with Crippen molar-refractivity contribution in [1.29, 1.82) is 0 Å². The summed E-state index contributed by atoms with van der Waals surface area (Å²) in [6, 6.07) is 12.8. The van der Waals surface area contributed by atoms with E-state index in [1.54, 1.807) is 16.7 Å². The lowest BCUT2D eigenvalue weighted by molar-refractivity contribution is 0.0946. The molecule has 2 aromatic heterocycles. The zero-order valence-corrected chi connectivity index (χ0v) is 16.2. The molecule has 4 aromatic rings. The second kappa shape index (κ2) is 7.75. The van der Waals surface area contributed by atoms with E-state index in [1.807, 2.05) is 44.2 Å². The third kappa shape index (κ3) is 3.82. The van der Waals surface area contributed by atoms with Gasteiger partial charge < -0.3 is 14.8 Å². The smallest absolute Gasteiger partial charge is 0.326 e. The number of imidazole rings is 1. The molecule has 2 aromatic carbocycles. The van der Waals surface area contributed by atoms with E-state index in [0.717, 1.165) is 28.6 Å². The highest BCUT2D eigenvalue weighted by Gasteiger charge is 2.13. The molecular formula is C21H21N5O3. The van der Waals surface area contributed by atoms with Gasteiger partial charge in [-0.25, -0.2) is 4.79 Å². The topological polar surface area (TPSA) is 106 Å². The molecule has 0 unspecified atom stereocenters. The third-order valence-corrected chi connectivity index (χ3v) is 4.66. The van der Waals surface area contributed by atoms with Crippen molar-refractivity contribution in [2.75, 3.05) is 0 Å². The van der Waals surface area contributed by atoms with Crippen LogP contribution in [-0.2, 0) is 13.1 Å². The number of aryl methyl sites for hydroxylation is 2. The number of H-pyrrole nitrogens is 1. The van der Waals surface area contributed by atoms with Gasteiger partial charge in [-0.2, -0.15) is 4.98 Å². The van der Waals surface area contributed by atoms with E-state index < -0.39 is 0 Å². The van der Waals surface area contributed by atoms with Gasteiger partial charge in [0.2, 0.25) is 11.7 Å². The Hall–Kier alpha value is -3.68. The van der Waals surface area contributed by atoms with Gasteiger partial charge in [0.05, 0.1) is 17.6 Å². The van der Waals surface area contributed by atoms with Gasteiger partial charge in [0, 0.05) is 17.7 Å². The molecule has 0 saturated carbocycles. The van der Waals surface area contributed by atoms with E-state index in [4.69, 9.17) is 4.52 Å². The van der Waals surface area contributed by atoms with Crippen LogP contribution in [-0.4, -0.2) is 25.6 Å². The lowest BCUT2D eigenvalue weighted by atomic mass is 10.1. The zero-order chi connectivity index (χ0) is 20.4. The molecule has 0 atom stereocenters. The predicted molar refractivity (Wildman–Crippen MR) is 108 cm³/mol. The van der Waals surface area contributed by atoms with Crippen LogP contribution in [0, 0.1) is 6.92 Å². The predicted octanol–water partition coefficient (Wildman–Crippen LogP) is 3.03. The molecule has 0 aliphatic rings. The molecule has 8 nitrogen and oxygen atoms in total. The molecule has 0 spiro atoms. The highest BCUT2D eigenvalue weighted by atomic mass is 16.5. The number of hydrogen-bond donors (Lipinski definition) is 2. The molecule has 0 aliphatic heterocycles. The fraction of sp³-hybridized carbons (Fsp3) is 0.238. The van der Waals surface area contributed by atoms with Crippen LogP contribution in [0.4, 0.5) is 0 Å². The fourth-order valence-corrected chi connectivity index (χ4v) is 3.16. The molecule has 0 saturated heterocycles. The highest BCUT2D eigenvalue weighted by Crippen LogP contribution is 2.21. The molecule has 29 heavy (non-hydrogen) atoms. The van der Waals surface area contributed by atoms with E-state index in [2.05, 4.69) is 20.4 Å². The summed E-state index contributed by atoms with van der Waals surface area (Å²) in [5.41, 5.74) is 3.82. The molecule has 0 radical (unpaired) electrons. The largest absolute Gasteiger partial charge is 0.343 e. The zero-order valence-electron chi connectivity index (χ0n) is 16.2. The Morgan fingerprint density at radius 2 is 2.00 bits per heavy atom. The standard InChI is InChI=1S/C21H21N5O3/c1-3-10-26-17-9-8-15(11-16(17)23-21(26)28)19-24-18(29-25-19)12-22-20(27)14-6-4-13(2)5-7-14/h4-9,11H,3,10,12H2,1-2H3,(H,22,27)(H,23,28). The van der Waals surface area contributed by atoms with Crippen molar-refractivity contribution in [3.8, 4) is 11.4 Å². The molecule has 2 N–H and O–H groups in total. The number of hydrogen-bond acceptors (Lipinski definition) is 5. The lowest BCUT2D eigenvalue weighted by Crippen LogP contribution is -2.22. The first-order valence-corrected chi connectivity index (χ1v) is 9.45. The lowest BCUT2D eigenvalue weighted by Gasteiger charge is -2.02. The second-order valence-corrected chi connectivity index (χ2v) is 6.87. The number of aromatic amines is 1. The summed E-state index contributed by atoms with van der Waals surface area (Å²) in [6.45, 7) is 4.78. The van der Waals surface area contributed by atoms with Crippen LogP contribution in [0.2, 0.25) is 0 Å². The van der Waals surface area contributed by atoms with Crippen molar-refractivity contribution < 1.29 is 9.32 Å². The van der Waals surface area contributed by atoms with Crippen molar-refractivity contribution in [3.63, 3.8) is 0 Å². The fourth-order valence-electron chi connectivity index (χ4n) is 3.16. The minimum atomic E-state index is -0.207. The monoisotopic (exact) mass is 391 g/mol. The van der Waals surface area contributed by atoms with E-state index in [9.17, 15) is 9.59 Å². The number of carbonyl (C=O) groups is 1. The van der Waals surface area contributed by atoms with Gasteiger partial charge in [-0.05, 0) is 43.7 Å². The first-order valence-electron chi connectivity index (χ1n) is 9.45. The number of fused-ring (bicyclic) bond motifs is 1. The minimum absolute atomic E-state index is 0.131. The first kappa shape index (κ1) is 18.7. The van der Waals surface area contributed by atoms with Crippen LogP contribution in [0.15, 0.2) is 51.8 Å². The summed E-state index contributed by atoms with van der Waals surface area (Å²) in [5, 5.41) is 6.75. The van der Waals surface area contributed by atoms with Gasteiger partial charge in [0.1, 0.15) is 0 Å². The molecule has 148 valence electrons. The Morgan fingerprint density at radius 1 is 1.21 bits per heavy atom. The van der Waals surface area contributed by atoms with E-state index in [-0.39, 0.29) is 18.1 Å². The number of rotatable bonds is 6. The average Bonchev–Trinajstić information content (AvgIpc) is 3.31. The summed E-state index contributed by atoms with van der Waals surface area (Å²) in [5.74, 6) is 0.495. The SMILES string of the molecule is CCCn1c(=O)[nH]c2cc(-c3noc(CNC(=O)c4ccc(C)cc4)n3)ccc21. The quantitative estimate of drug-likeness (QED) is 0.525. The molecule has 8 heteroatoms. The summed E-state index contributed by atoms with van der Waals surface area (Å²) >= 11 is 0. The molecule has 0 aliphatic carbocycles. The number of nitrogens with one attached hydrogen (secondary N) is 2. The number of nitrogens with zero attached hydrogens (tertiary/aromatic N) is 3. The number of carbonyl (C=O) groups excluding carboxylic acids is 1. The highest BCUT2D eigenvalue weighted by molar-refractivity contribution is 5.94. The Kier molecular flexibility index (Phi) is 4.99. The van der Waals surface area contributed by atoms with Crippen LogP contribution >= 0.6 is 0 Å². The second-order valence-electron chi connectivity index (χ2n) is 6.87. The Bertz CT molecular complexity index is 1220. The Balaban J connectivity index is 1.49. The van der Waals surface area contributed by atoms with Crippen LogP contribution in [0.1, 0.15) is 35.2 Å². The molecular weight excluding hydrogens is 370 g/mol. The van der Waals surface area contributed by atoms with Crippen molar-refractivity contribution in [1.82, 2.24) is 25.0 Å².